The van der Waals surface area contributed by atoms with E-state index >= 15 is 0 Å². The highest BCUT2D eigenvalue weighted by Crippen LogP contribution is 2.29. The maximum Gasteiger partial charge on any atom is 0.0736 e. The Morgan fingerprint density at radius 1 is 0.581 bits per heavy atom. The van der Waals surface area contributed by atoms with Gasteiger partial charge in [0.05, 0.1) is 22.8 Å². The third-order valence-electron chi connectivity index (χ3n) is 5.32. The summed E-state index contributed by atoms with van der Waals surface area (Å²) in [4.78, 5) is 16.5. The van der Waals surface area contributed by atoms with E-state index in [2.05, 4.69) is 57.4 Å². The minimum Gasteiger partial charge on any atom is -0.355 e. The molecule has 0 fully saturated rings. The fourth-order valence-electron chi connectivity index (χ4n) is 3.87. The van der Waals surface area contributed by atoms with Gasteiger partial charge in [0, 0.05) is 32.7 Å². The smallest absolute Gasteiger partial charge is 0.0736 e. The molecule has 2 aliphatic rings. The third-order valence-corrected chi connectivity index (χ3v) is 5.57. The number of nitrogens with zero attached hydrogens (tertiary/aromatic N) is 2. The first-order valence-electron chi connectivity index (χ1n) is 10.0. The van der Waals surface area contributed by atoms with Gasteiger partial charge in [-0.25, -0.2) is 9.97 Å². The van der Waals surface area contributed by atoms with Gasteiger partial charge in [0.2, 0.25) is 0 Å². The van der Waals surface area contributed by atoms with E-state index in [9.17, 15) is 0 Å². The van der Waals surface area contributed by atoms with Gasteiger partial charge in [-0.1, -0.05) is 23.7 Å². The van der Waals surface area contributed by atoms with E-state index in [0.717, 1.165) is 61.0 Å². The molecule has 0 aliphatic carbocycles. The molecule has 0 radical (unpaired) electrons. The molecule has 6 rings (SSSR count). The Bertz CT molecular complexity index is 1540. The van der Waals surface area contributed by atoms with Crippen molar-refractivity contribution in [2.45, 2.75) is 0 Å². The molecule has 5 heteroatoms. The van der Waals surface area contributed by atoms with Crippen molar-refractivity contribution in [2.75, 3.05) is 0 Å². The number of halogens is 1. The minimum absolute atomic E-state index is 0.718. The van der Waals surface area contributed by atoms with E-state index in [0.29, 0.717) is 0 Å². The summed E-state index contributed by atoms with van der Waals surface area (Å²) >= 11 is 6.10. The van der Waals surface area contributed by atoms with Crippen molar-refractivity contribution < 1.29 is 0 Å². The summed E-state index contributed by atoms with van der Waals surface area (Å²) in [5.74, 6) is 0. The first-order valence-corrected chi connectivity index (χ1v) is 10.4. The lowest BCUT2D eigenvalue weighted by Gasteiger charge is -2.02. The molecule has 0 unspecified atom stereocenters. The third kappa shape index (κ3) is 3.58. The van der Waals surface area contributed by atoms with Crippen LogP contribution in [0.1, 0.15) is 28.3 Å². The molecule has 8 bridgehead atoms. The average molecular weight is 421 g/mol. The summed E-state index contributed by atoms with van der Waals surface area (Å²) in [5.41, 5.74) is 9.75. The number of benzene rings is 1. The second kappa shape index (κ2) is 7.11. The summed E-state index contributed by atoms with van der Waals surface area (Å²) in [7, 11) is 0. The molecule has 3 aromatic heterocycles. The number of hydrogen-bond donors (Lipinski definition) is 2. The van der Waals surface area contributed by atoms with Crippen molar-refractivity contribution >= 4 is 57.5 Å². The van der Waals surface area contributed by atoms with E-state index in [4.69, 9.17) is 16.6 Å². The maximum absolute atomic E-state index is 6.10. The minimum atomic E-state index is 0.718. The lowest BCUT2D eigenvalue weighted by Crippen LogP contribution is -1.84. The lowest BCUT2D eigenvalue weighted by molar-refractivity contribution is 1.30. The maximum atomic E-state index is 6.10. The monoisotopic (exact) mass is 420 g/mol. The van der Waals surface area contributed by atoms with Crippen LogP contribution in [0.15, 0.2) is 72.8 Å². The highest BCUT2D eigenvalue weighted by Gasteiger charge is 2.12. The van der Waals surface area contributed by atoms with Gasteiger partial charge >= 0.3 is 0 Å². The molecule has 0 saturated heterocycles. The predicted molar refractivity (Wildman–Crippen MR) is 128 cm³/mol. The zero-order valence-electron chi connectivity index (χ0n) is 16.4. The largest absolute Gasteiger partial charge is 0.355 e. The van der Waals surface area contributed by atoms with Crippen molar-refractivity contribution in [1.82, 2.24) is 19.9 Å². The molecule has 5 heterocycles. The van der Waals surface area contributed by atoms with Crippen LogP contribution in [0.3, 0.4) is 0 Å². The zero-order valence-corrected chi connectivity index (χ0v) is 17.2. The Hall–Kier alpha value is -3.89. The Balaban J connectivity index is 1.63. The second-order valence-electron chi connectivity index (χ2n) is 7.60. The Morgan fingerprint density at radius 3 is 1.74 bits per heavy atom. The first-order chi connectivity index (χ1) is 15.2. The summed E-state index contributed by atoms with van der Waals surface area (Å²) in [6.45, 7) is 0. The highest BCUT2D eigenvalue weighted by molar-refractivity contribution is 6.30. The molecule has 2 N–H and O–H groups in total. The van der Waals surface area contributed by atoms with Crippen LogP contribution in [-0.4, -0.2) is 19.9 Å². The molecule has 0 atom stereocenters. The molecule has 0 spiro atoms. The van der Waals surface area contributed by atoms with Crippen molar-refractivity contribution in [3.63, 3.8) is 0 Å². The number of H-pyrrole nitrogens is 2. The molecule has 0 saturated carbocycles. The van der Waals surface area contributed by atoms with Gasteiger partial charge in [-0.2, -0.15) is 0 Å². The van der Waals surface area contributed by atoms with Gasteiger partial charge in [0.1, 0.15) is 0 Å². The van der Waals surface area contributed by atoms with Gasteiger partial charge in [0.15, 0.2) is 0 Å². The van der Waals surface area contributed by atoms with Gasteiger partial charge in [-0.05, 0) is 84.5 Å². The summed E-state index contributed by atoms with van der Waals surface area (Å²) in [6.07, 6.45) is 6.15. The summed E-state index contributed by atoms with van der Waals surface area (Å²) in [6, 6.07) is 24.3. The van der Waals surface area contributed by atoms with E-state index in [1.807, 2.05) is 48.6 Å². The second-order valence-corrected chi connectivity index (χ2v) is 8.03. The molecule has 148 valence electrons. The number of fused-ring (bicyclic) bond motifs is 8. The zero-order chi connectivity index (χ0) is 20.8. The summed E-state index contributed by atoms with van der Waals surface area (Å²) < 4.78 is 0. The normalized spacial score (nSPS) is 12.7. The number of hydrogen-bond acceptors (Lipinski definition) is 2. The Morgan fingerprint density at radius 2 is 1.13 bits per heavy atom. The van der Waals surface area contributed by atoms with Gasteiger partial charge in [0.25, 0.3) is 0 Å². The number of nitrogens with one attached hydrogen (secondary N) is 2. The Labute approximate surface area is 183 Å². The van der Waals surface area contributed by atoms with Gasteiger partial charge in [-0.15, -0.1) is 0 Å². The molecule has 4 nitrogen and oxygen atoms in total. The Kier molecular flexibility index (Phi) is 4.11. The van der Waals surface area contributed by atoms with E-state index < -0.39 is 0 Å². The number of rotatable bonds is 1. The fourth-order valence-corrected chi connectivity index (χ4v) is 4.00. The topological polar surface area (TPSA) is 57.4 Å². The van der Waals surface area contributed by atoms with Gasteiger partial charge in [-0.3, -0.25) is 0 Å². The number of aromatic nitrogens is 4. The summed E-state index contributed by atoms with van der Waals surface area (Å²) in [5, 5.41) is 0.718. The van der Waals surface area contributed by atoms with Crippen LogP contribution in [0.4, 0.5) is 0 Å². The quantitative estimate of drug-likeness (QED) is 0.310. The molecular weight excluding hydrogens is 404 g/mol. The van der Waals surface area contributed by atoms with Crippen LogP contribution < -0.4 is 0 Å². The average Bonchev–Trinajstić information content (AvgIpc) is 3.54. The molecule has 1 aromatic carbocycles. The van der Waals surface area contributed by atoms with Crippen LogP contribution in [-0.2, 0) is 0 Å². The van der Waals surface area contributed by atoms with Crippen LogP contribution >= 0.6 is 11.6 Å². The molecule has 0 amide bonds. The van der Waals surface area contributed by atoms with Crippen LogP contribution in [0.5, 0.6) is 0 Å². The fraction of sp³-hybridized carbons (Fsp3) is 0. The van der Waals surface area contributed by atoms with Crippen molar-refractivity contribution in [1.29, 1.82) is 0 Å². The van der Waals surface area contributed by atoms with Crippen molar-refractivity contribution in [2.24, 2.45) is 0 Å². The van der Waals surface area contributed by atoms with Crippen LogP contribution in [0.25, 0.3) is 45.9 Å². The molecular formula is C26H17ClN4. The highest BCUT2D eigenvalue weighted by atomic mass is 35.5. The molecule has 2 aliphatic heterocycles. The first kappa shape index (κ1) is 17.9. The standard InChI is InChI=1S/C26H17ClN4/c27-17-3-1-16(2-4-17)25-14-24-13-22-8-7-20(29-22)11-18-5-6-19(28-18)12-21-9-10-23(30-21)15-26(25)31-24/h1-15,29-30H. The van der Waals surface area contributed by atoms with E-state index in [1.54, 1.807) is 0 Å². The van der Waals surface area contributed by atoms with Crippen LogP contribution in [0, 0.1) is 0 Å². The molecule has 31 heavy (non-hydrogen) atoms. The SMILES string of the molecule is Clc1ccc(C2=Cc3cc4ccc(cc5nc(cc6ccc(cc2n3)[nH]6)C=C5)[nH]4)cc1. The van der Waals surface area contributed by atoms with Crippen molar-refractivity contribution in [3.05, 3.63) is 106 Å². The van der Waals surface area contributed by atoms with E-state index in [-0.39, 0.29) is 0 Å². The van der Waals surface area contributed by atoms with Gasteiger partial charge < -0.3 is 9.97 Å². The van der Waals surface area contributed by atoms with E-state index in [1.165, 1.54) is 0 Å². The van der Waals surface area contributed by atoms with Crippen LogP contribution in [0.2, 0.25) is 5.02 Å². The lowest BCUT2D eigenvalue weighted by atomic mass is 10.0. The number of aromatic amines is 2. The molecule has 4 aromatic rings. The predicted octanol–water partition coefficient (Wildman–Crippen LogP) is 6.73. The van der Waals surface area contributed by atoms with Crippen molar-refractivity contribution in [3.8, 4) is 0 Å².